The van der Waals surface area contributed by atoms with Crippen LogP contribution in [0, 0.1) is 5.41 Å². The van der Waals surface area contributed by atoms with E-state index in [0.29, 0.717) is 0 Å². The van der Waals surface area contributed by atoms with Gasteiger partial charge in [-0.1, -0.05) is 32.5 Å². The summed E-state index contributed by atoms with van der Waals surface area (Å²) in [6, 6.07) is 0.00205. The Balaban J connectivity index is 2.16. The van der Waals surface area contributed by atoms with Gasteiger partial charge in [-0.3, -0.25) is 33.0 Å². The number of aromatic amines is 1. The normalized spacial score (nSPS) is 25.8. The van der Waals surface area contributed by atoms with Crippen molar-refractivity contribution in [2.24, 2.45) is 5.41 Å². The summed E-state index contributed by atoms with van der Waals surface area (Å²) in [7, 11) is -4.23. The van der Waals surface area contributed by atoms with Gasteiger partial charge < -0.3 is 14.6 Å². The summed E-state index contributed by atoms with van der Waals surface area (Å²) >= 11 is 7.53. The highest BCUT2D eigenvalue weighted by Gasteiger charge is 2.54. The van der Waals surface area contributed by atoms with E-state index in [-0.39, 0.29) is 17.5 Å². The number of nitrogens with zero attached hydrogens (tertiary/aromatic N) is 1. The lowest BCUT2D eigenvalue weighted by Gasteiger charge is -2.26. The second kappa shape index (κ2) is 13.4. The van der Waals surface area contributed by atoms with Gasteiger partial charge in [0.25, 0.3) is 5.56 Å². The van der Waals surface area contributed by atoms with Gasteiger partial charge in [0.05, 0.1) is 19.3 Å². The second-order valence-electron chi connectivity index (χ2n) is 10.5. The number of carbonyl (C=O) groups excluding carboxylic acids is 2. The quantitative estimate of drug-likeness (QED) is 0.136. The van der Waals surface area contributed by atoms with Gasteiger partial charge in [0, 0.05) is 23.4 Å². The van der Waals surface area contributed by atoms with Crippen LogP contribution in [0.25, 0.3) is 0 Å². The summed E-state index contributed by atoms with van der Waals surface area (Å²) in [5.74, 6) is -0.534. The van der Waals surface area contributed by atoms with Crippen molar-refractivity contribution in [3.8, 4) is 0 Å². The van der Waals surface area contributed by atoms with E-state index in [1.54, 1.807) is 34.6 Å². The van der Waals surface area contributed by atoms with Crippen LogP contribution < -0.4 is 16.3 Å². The van der Waals surface area contributed by atoms with Crippen LogP contribution in [0.15, 0.2) is 21.9 Å². The topological polar surface area (TPSA) is 175 Å². The van der Waals surface area contributed by atoms with Crippen LogP contribution >= 0.6 is 31.1 Å². The van der Waals surface area contributed by atoms with Gasteiger partial charge in [-0.05, 0) is 27.7 Å². The summed E-state index contributed by atoms with van der Waals surface area (Å²) in [5, 5.41) is 13.2. The summed E-state index contributed by atoms with van der Waals surface area (Å²) in [6.45, 7) is 10.8. The fraction of sp³-hybridized carbons (Fsp3) is 0.739. The molecular formula is C23H37ClN3O10PS. The van der Waals surface area contributed by atoms with E-state index < -0.39 is 72.4 Å². The molecule has 1 aliphatic rings. The molecule has 1 aliphatic heterocycles. The molecule has 0 spiro atoms. The number of ether oxygens (including phenoxy) is 2. The number of esters is 1. The van der Waals surface area contributed by atoms with Crippen molar-refractivity contribution in [2.75, 3.05) is 19.0 Å². The van der Waals surface area contributed by atoms with E-state index in [4.69, 9.17) is 30.1 Å². The molecule has 0 amide bonds. The molecule has 0 radical (unpaired) electrons. The summed E-state index contributed by atoms with van der Waals surface area (Å²) in [6.07, 6.45) is -3.03. The zero-order valence-electron chi connectivity index (χ0n) is 23.0. The monoisotopic (exact) mass is 613 g/mol. The number of aliphatic hydroxyl groups excluding tert-OH is 1. The molecule has 13 nitrogen and oxygen atoms in total. The molecular weight excluding hydrogens is 577 g/mol. The summed E-state index contributed by atoms with van der Waals surface area (Å²) in [4.78, 5) is 48.7. The van der Waals surface area contributed by atoms with E-state index in [2.05, 4.69) is 10.1 Å². The summed E-state index contributed by atoms with van der Waals surface area (Å²) in [5.41, 5.74) is -2.00. The van der Waals surface area contributed by atoms with Crippen molar-refractivity contribution >= 4 is 42.2 Å². The van der Waals surface area contributed by atoms with Crippen molar-refractivity contribution < 1.29 is 37.8 Å². The fourth-order valence-corrected chi connectivity index (χ4v) is 6.06. The average Bonchev–Trinajstić information content (AvgIpc) is 3.03. The van der Waals surface area contributed by atoms with Crippen LogP contribution in [0.4, 0.5) is 0 Å². The third-order valence-electron chi connectivity index (χ3n) is 5.48. The maximum absolute atomic E-state index is 13.6. The van der Waals surface area contributed by atoms with Gasteiger partial charge in [-0.2, -0.15) is 0 Å². The second-order valence-corrected chi connectivity index (χ2v) is 14.1. The molecule has 3 N–H and O–H groups in total. The van der Waals surface area contributed by atoms with Crippen LogP contribution in [-0.2, 0) is 32.7 Å². The lowest BCUT2D eigenvalue weighted by Crippen LogP contribution is -2.43. The number of alkyl halides is 1. The maximum atomic E-state index is 13.6. The van der Waals surface area contributed by atoms with E-state index in [1.165, 1.54) is 20.0 Å². The van der Waals surface area contributed by atoms with Crippen LogP contribution in [0.5, 0.6) is 0 Å². The third kappa shape index (κ3) is 9.25. The van der Waals surface area contributed by atoms with Crippen molar-refractivity contribution in [3.05, 3.63) is 33.1 Å². The van der Waals surface area contributed by atoms with Gasteiger partial charge in [0.15, 0.2) is 11.3 Å². The molecule has 0 bridgehead atoms. The number of rotatable bonds is 12. The first-order valence-corrected chi connectivity index (χ1v) is 15.2. The Morgan fingerprint density at radius 1 is 1.31 bits per heavy atom. The Morgan fingerprint density at radius 2 is 1.95 bits per heavy atom. The molecule has 2 heterocycles. The molecule has 1 fully saturated rings. The lowest BCUT2D eigenvalue weighted by atomic mass is 10.00. The number of halogens is 1. The van der Waals surface area contributed by atoms with Gasteiger partial charge in [-0.25, -0.2) is 14.4 Å². The van der Waals surface area contributed by atoms with Crippen molar-refractivity contribution in [1.82, 2.24) is 14.6 Å². The largest absolute Gasteiger partial charge is 0.462 e. The van der Waals surface area contributed by atoms with Crippen molar-refractivity contribution in [3.63, 3.8) is 0 Å². The number of hydrogen-bond donors (Lipinski definition) is 3. The highest BCUT2D eigenvalue weighted by Crippen LogP contribution is 2.48. The minimum Gasteiger partial charge on any atom is -0.462 e. The highest BCUT2D eigenvalue weighted by molar-refractivity contribution is 8.13. The Morgan fingerprint density at radius 3 is 2.51 bits per heavy atom. The van der Waals surface area contributed by atoms with Crippen LogP contribution in [0.1, 0.15) is 54.7 Å². The predicted octanol–water partition coefficient (Wildman–Crippen LogP) is 2.17. The van der Waals surface area contributed by atoms with Crippen LogP contribution in [-0.4, -0.2) is 73.9 Å². The zero-order chi connectivity index (χ0) is 29.8. The number of hydrogen-bond acceptors (Lipinski definition) is 11. The lowest BCUT2D eigenvalue weighted by molar-refractivity contribution is -0.149. The maximum Gasteiger partial charge on any atom is 0.406 e. The first-order valence-electron chi connectivity index (χ1n) is 12.3. The highest BCUT2D eigenvalue weighted by atomic mass is 35.5. The zero-order valence-corrected chi connectivity index (χ0v) is 25.4. The molecule has 6 atom stereocenters. The Bertz CT molecular complexity index is 1180. The Hall–Kier alpha value is -1.51. The van der Waals surface area contributed by atoms with Crippen LogP contribution in [0.2, 0.25) is 0 Å². The minimum absolute atomic E-state index is 0.0869. The smallest absolute Gasteiger partial charge is 0.406 e. The number of carbonyl (C=O) groups is 2. The molecule has 2 rings (SSSR count). The standard InChI is InChI=1S/C23H37ClN3O10PS/c1-13(2)36-18(30)14(3)26-38(33,34-10-11-39-20(31)22(4,5)6)35-12-15-17(29)23(7,24)19(37-15)27-9-8-16(28)25-21(27)32/h8-9,13-15,17,19,29H,10-12H2,1-7H3,(H,26,33)(H,25,28,32)/t14-,15+,17+,19+,23+,38-/m0/s1. The van der Waals surface area contributed by atoms with Gasteiger partial charge in [-0.15, -0.1) is 11.6 Å². The summed E-state index contributed by atoms with van der Waals surface area (Å²) < 4.78 is 36.6. The third-order valence-corrected chi connectivity index (χ3v) is 8.85. The van der Waals surface area contributed by atoms with Crippen molar-refractivity contribution in [2.45, 2.75) is 83.9 Å². The average molecular weight is 614 g/mol. The number of H-pyrrole nitrogens is 1. The van der Waals surface area contributed by atoms with Gasteiger partial charge >= 0.3 is 19.4 Å². The molecule has 1 saturated heterocycles. The molecule has 0 unspecified atom stereocenters. The van der Waals surface area contributed by atoms with E-state index in [0.717, 1.165) is 22.4 Å². The Kier molecular flexibility index (Phi) is 11.6. The molecule has 1 aromatic rings. The minimum atomic E-state index is -4.23. The first kappa shape index (κ1) is 33.7. The first-order chi connectivity index (χ1) is 17.9. The van der Waals surface area contributed by atoms with Crippen molar-refractivity contribution in [1.29, 1.82) is 0 Å². The van der Waals surface area contributed by atoms with Gasteiger partial charge in [0.2, 0.25) is 0 Å². The number of aliphatic hydroxyl groups is 1. The molecule has 0 aliphatic carbocycles. The molecule has 39 heavy (non-hydrogen) atoms. The van der Waals surface area contributed by atoms with Gasteiger partial charge in [0.1, 0.15) is 23.1 Å². The molecule has 1 aromatic heterocycles. The molecule has 222 valence electrons. The molecule has 0 aromatic carbocycles. The van der Waals surface area contributed by atoms with Crippen LogP contribution in [0.3, 0.4) is 0 Å². The molecule has 16 heteroatoms. The number of aromatic nitrogens is 2. The predicted molar refractivity (Wildman–Crippen MR) is 146 cm³/mol. The van der Waals surface area contributed by atoms with E-state index in [1.807, 2.05) is 0 Å². The number of thioether (sulfide) groups is 1. The molecule has 0 saturated carbocycles. The van der Waals surface area contributed by atoms with E-state index >= 15 is 0 Å². The fourth-order valence-electron chi connectivity index (χ4n) is 3.38. The number of nitrogens with one attached hydrogen (secondary N) is 2. The SMILES string of the molecule is CC(C)OC(=O)[C@H](C)N[P@](=O)(OCCSC(=O)C(C)(C)C)OC[C@H]1O[C@@H](n2ccc(=O)[nH]c2=O)[C@](C)(Cl)[C@@H]1O. The Labute approximate surface area is 235 Å². The van der Waals surface area contributed by atoms with E-state index in [9.17, 15) is 28.8 Å².